The fourth-order valence-electron chi connectivity index (χ4n) is 1.41. The molecular formula is C10H17N3OS. The standard InChI is InChI=1S/C10H17N3OS/c1-7(6-15-3)12-10(14)9-4-8(11)5-13(9)2/h4-5,7H,6,11H2,1-3H3,(H,12,14). The summed E-state index contributed by atoms with van der Waals surface area (Å²) in [6.45, 7) is 1.99. The van der Waals surface area contributed by atoms with E-state index in [1.807, 2.05) is 20.2 Å². The lowest BCUT2D eigenvalue weighted by Crippen LogP contribution is -2.35. The van der Waals surface area contributed by atoms with Crippen LogP contribution in [0.15, 0.2) is 12.3 Å². The maximum atomic E-state index is 11.8. The summed E-state index contributed by atoms with van der Waals surface area (Å²) in [5.74, 6) is 0.835. The monoisotopic (exact) mass is 227 g/mol. The second-order valence-electron chi connectivity index (χ2n) is 3.60. The van der Waals surface area contributed by atoms with Gasteiger partial charge in [0.2, 0.25) is 0 Å². The average molecular weight is 227 g/mol. The Hall–Kier alpha value is -1.10. The summed E-state index contributed by atoms with van der Waals surface area (Å²) in [6, 6.07) is 1.85. The predicted molar refractivity (Wildman–Crippen MR) is 65.1 cm³/mol. The minimum absolute atomic E-state index is 0.0734. The Labute approximate surface area is 94.2 Å². The topological polar surface area (TPSA) is 60.1 Å². The van der Waals surface area contributed by atoms with E-state index in [1.54, 1.807) is 28.6 Å². The summed E-state index contributed by atoms with van der Waals surface area (Å²) < 4.78 is 1.73. The first-order valence-corrected chi connectivity index (χ1v) is 6.15. The van der Waals surface area contributed by atoms with Crippen LogP contribution < -0.4 is 11.1 Å². The number of amides is 1. The van der Waals surface area contributed by atoms with E-state index in [2.05, 4.69) is 5.32 Å². The Morgan fingerprint density at radius 2 is 2.40 bits per heavy atom. The van der Waals surface area contributed by atoms with Gasteiger partial charge >= 0.3 is 0 Å². The smallest absolute Gasteiger partial charge is 0.268 e. The van der Waals surface area contributed by atoms with Crippen molar-refractivity contribution in [3.63, 3.8) is 0 Å². The molecule has 1 atom stereocenters. The number of thioether (sulfide) groups is 1. The molecule has 0 fully saturated rings. The Morgan fingerprint density at radius 3 is 2.87 bits per heavy atom. The quantitative estimate of drug-likeness (QED) is 0.809. The van der Waals surface area contributed by atoms with E-state index in [9.17, 15) is 4.79 Å². The van der Waals surface area contributed by atoms with E-state index in [4.69, 9.17) is 5.73 Å². The van der Waals surface area contributed by atoms with Crippen LogP contribution in [-0.2, 0) is 7.05 Å². The van der Waals surface area contributed by atoms with E-state index < -0.39 is 0 Å². The minimum atomic E-state index is -0.0734. The summed E-state index contributed by atoms with van der Waals surface area (Å²) in [5.41, 5.74) is 6.81. The van der Waals surface area contributed by atoms with Gasteiger partial charge < -0.3 is 15.6 Å². The Balaban J connectivity index is 2.65. The molecule has 3 N–H and O–H groups in total. The molecule has 4 nitrogen and oxygen atoms in total. The lowest BCUT2D eigenvalue weighted by molar-refractivity contribution is 0.0935. The lowest BCUT2D eigenvalue weighted by atomic mass is 10.3. The van der Waals surface area contributed by atoms with E-state index in [-0.39, 0.29) is 11.9 Å². The zero-order valence-corrected chi connectivity index (χ0v) is 10.1. The highest BCUT2D eigenvalue weighted by atomic mass is 32.2. The maximum Gasteiger partial charge on any atom is 0.268 e. The van der Waals surface area contributed by atoms with Crippen LogP contribution in [0.4, 0.5) is 5.69 Å². The predicted octanol–water partition coefficient (Wildman–Crippen LogP) is 1.09. The van der Waals surface area contributed by atoms with Gasteiger partial charge in [0.05, 0.1) is 5.69 Å². The summed E-state index contributed by atoms with van der Waals surface area (Å²) in [5, 5.41) is 2.92. The highest BCUT2D eigenvalue weighted by Crippen LogP contribution is 2.09. The van der Waals surface area contributed by atoms with Gasteiger partial charge in [-0.2, -0.15) is 11.8 Å². The van der Waals surface area contributed by atoms with Crippen LogP contribution in [0.1, 0.15) is 17.4 Å². The number of nitrogens with two attached hydrogens (primary N) is 1. The number of aryl methyl sites for hydroxylation is 1. The molecule has 0 spiro atoms. The summed E-state index contributed by atoms with van der Waals surface area (Å²) in [6.07, 6.45) is 3.75. The molecule has 0 saturated carbocycles. The number of carbonyl (C=O) groups is 1. The summed E-state index contributed by atoms with van der Waals surface area (Å²) in [4.78, 5) is 11.8. The molecule has 0 saturated heterocycles. The van der Waals surface area contributed by atoms with Gasteiger partial charge in [-0.15, -0.1) is 0 Å². The number of rotatable bonds is 4. The van der Waals surface area contributed by atoms with Gasteiger partial charge in [0.25, 0.3) is 5.91 Å². The molecule has 1 aromatic heterocycles. The van der Waals surface area contributed by atoms with Gasteiger partial charge in [-0.1, -0.05) is 0 Å². The third-order valence-corrected chi connectivity index (χ3v) is 2.89. The molecule has 1 aromatic rings. The molecule has 0 aliphatic rings. The van der Waals surface area contributed by atoms with Crippen molar-refractivity contribution in [1.82, 2.24) is 9.88 Å². The molecule has 1 amide bonds. The molecule has 0 aliphatic heterocycles. The maximum absolute atomic E-state index is 11.8. The average Bonchev–Trinajstić information content (AvgIpc) is 2.45. The number of nitrogens with zero attached hydrogens (tertiary/aromatic N) is 1. The Morgan fingerprint density at radius 1 is 1.73 bits per heavy atom. The van der Waals surface area contributed by atoms with Crippen LogP contribution in [0.5, 0.6) is 0 Å². The molecule has 1 unspecified atom stereocenters. The first-order valence-electron chi connectivity index (χ1n) is 4.76. The van der Waals surface area contributed by atoms with Crippen molar-refractivity contribution in [3.05, 3.63) is 18.0 Å². The normalized spacial score (nSPS) is 12.5. The van der Waals surface area contributed by atoms with Gasteiger partial charge in [0.1, 0.15) is 5.69 Å². The lowest BCUT2D eigenvalue weighted by Gasteiger charge is -2.12. The largest absolute Gasteiger partial charge is 0.397 e. The van der Waals surface area contributed by atoms with Crippen molar-refractivity contribution in [2.75, 3.05) is 17.7 Å². The highest BCUT2D eigenvalue weighted by Gasteiger charge is 2.12. The van der Waals surface area contributed by atoms with E-state index >= 15 is 0 Å². The third kappa shape index (κ3) is 3.20. The van der Waals surface area contributed by atoms with Gasteiger partial charge in [-0.25, -0.2) is 0 Å². The number of anilines is 1. The first-order chi connectivity index (χ1) is 7.04. The van der Waals surface area contributed by atoms with Crippen molar-refractivity contribution in [2.24, 2.45) is 7.05 Å². The zero-order valence-electron chi connectivity index (χ0n) is 9.28. The number of carbonyl (C=O) groups excluding carboxylic acids is 1. The number of nitrogen functional groups attached to an aromatic ring is 1. The van der Waals surface area contributed by atoms with E-state index in [0.717, 1.165) is 5.75 Å². The van der Waals surface area contributed by atoms with Crippen molar-refractivity contribution in [3.8, 4) is 0 Å². The van der Waals surface area contributed by atoms with Crippen LogP contribution in [0.3, 0.4) is 0 Å². The highest BCUT2D eigenvalue weighted by molar-refractivity contribution is 7.98. The van der Waals surface area contributed by atoms with Gasteiger partial charge in [0, 0.05) is 25.0 Å². The van der Waals surface area contributed by atoms with Crippen LogP contribution in [-0.4, -0.2) is 28.5 Å². The molecule has 0 radical (unpaired) electrons. The molecule has 5 heteroatoms. The zero-order chi connectivity index (χ0) is 11.4. The van der Waals surface area contributed by atoms with Gasteiger partial charge in [-0.3, -0.25) is 4.79 Å². The molecule has 15 heavy (non-hydrogen) atoms. The fourth-order valence-corrected chi connectivity index (χ4v) is 1.99. The van der Waals surface area contributed by atoms with Crippen molar-refractivity contribution in [2.45, 2.75) is 13.0 Å². The SMILES string of the molecule is CSCC(C)NC(=O)c1cc(N)cn1C. The number of aromatic nitrogens is 1. The molecule has 84 valence electrons. The number of nitrogens with one attached hydrogen (secondary N) is 1. The second-order valence-corrected chi connectivity index (χ2v) is 4.51. The number of hydrogen-bond donors (Lipinski definition) is 2. The Kier molecular flexibility index (Phi) is 4.08. The molecule has 0 bridgehead atoms. The number of hydrogen-bond acceptors (Lipinski definition) is 3. The second kappa shape index (κ2) is 5.11. The molecule has 1 heterocycles. The van der Waals surface area contributed by atoms with Crippen molar-refractivity contribution in [1.29, 1.82) is 0 Å². The van der Waals surface area contributed by atoms with E-state index in [1.165, 1.54) is 0 Å². The molecular weight excluding hydrogens is 210 g/mol. The van der Waals surface area contributed by atoms with Crippen LogP contribution in [0.25, 0.3) is 0 Å². The van der Waals surface area contributed by atoms with Crippen molar-refractivity contribution < 1.29 is 4.79 Å². The van der Waals surface area contributed by atoms with Gasteiger partial charge in [-0.05, 0) is 19.2 Å². The first kappa shape index (κ1) is 12.0. The van der Waals surface area contributed by atoms with Crippen LogP contribution in [0, 0.1) is 0 Å². The van der Waals surface area contributed by atoms with Crippen LogP contribution in [0.2, 0.25) is 0 Å². The molecule has 0 aliphatic carbocycles. The molecule has 0 aromatic carbocycles. The minimum Gasteiger partial charge on any atom is -0.397 e. The third-order valence-electron chi connectivity index (χ3n) is 2.05. The van der Waals surface area contributed by atoms with Gasteiger partial charge in [0.15, 0.2) is 0 Å². The van der Waals surface area contributed by atoms with Crippen LogP contribution >= 0.6 is 11.8 Å². The van der Waals surface area contributed by atoms with E-state index in [0.29, 0.717) is 11.4 Å². The summed E-state index contributed by atoms with van der Waals surface area (Å²) >= 11 is 1.71. The fraction of sp³-hybridized carbons (Fsp3) is 0.500. The molecule has 1 rings (SSSR count). The Bertz CT molecular complexity index is 348. The summed E-state index contributed by atoms with van der Waals surface area (Å²) in [7, 11) is 1.81. The van der Waals surface area contributed by atoms with Crippen molar-refractivity contribution >= 4 is 23.4 Å².